The van der Waals surface area contributed by atoms with Crippen LogP contribution >= 0.6 is 11.3 Å². The highest BCUT2D eigenvalue weighted by Gasteiger charge is 2.20. The molecule has 1 N–H and O–H groups in total. The van der Waals surface area contributed by atoms with E-state index in [2.05, 4.69) is 25.5 Å². The lowest BCUT2D eigenvalue weighted by Gasteiger charge is -2.22. The fourth-order valence-electron chi connectivity index (χ4n) is 3.71. The summed E-state index contributed by atoms with van der Waals surface area (Å²) in [6.07, 6.45) is 8.57. The third-order valence-electron chi connectivity index (χ3n) is 5.05. The lowest BCUT2D eigenvalue weighted by Crippen LogP contribution is -2.43. The molecule has 0 bridgehead atoms. The fourth-order valence-corrected chi connectivity index (χ4v) is 4.56. The zero-order chi connectivity index (χ0) is 16.8. The van der Waals surface area contributed by atoms with E-state index in [0.29, 0.717) is 12.6 Å². The Bertz CT molecular complexity index is 525. The molecule has 24 heavy (non-hydrogen) atoms. The smallest absolute Gasteiger partial charge is 0.234 e. The number of rotatable bonds is 4. The predicted octanol–water partition coefficient (Wildman–Crippen LogP) is 2.80. The zero-order valence-corrected chi connectivity index (χ0v) is 15.6. The van der Waals surface area contributed by atoms with Gasteiger partial charge in [-0.3, -0.25) is 9.69 Å². The van der Waals surface area contributed by atoms with Gasteiger partial charge in [-0.1, -0.05) is 25.7 Å². The van der Waals surface area contributed by atoms with Crippen molar-refractivity contribution in [1.29, 1.82) is 0 Å². The van der Waals surface area contributed by atoms with Crippen LogP contribution in [0.1, 0.15) is 50.6 Å². The molecule has 0 atom stereocenters. The molecule has 1 saturated heterocycles. The Kier molecular flexibility index (Phi) is 6.49. The minimum absolute atomic E-state index is 0.209. The number of nitrogens with one attached hydrogen (secondary N) is 1. The van der Waals surface area contributed by atoms with Crippen LogP contribution in [0.15, 0.2) is 5.38 Å². The molecular weight excluding hydrogens is 320 g/mol. The van der Waals surface area contributed by atoms with Crippen LogP contribution in [0.3, 0.4) is 0 Å². The number of anilines is 1. The van der Waals surface area contributed by atoms with Gasteiger partial charge in [-0.05, 0) is 26.2 Å². The van der Waals surface area contributed by atoms with Crippen molar-refractivity contribution >= 4 is 22.4 Å². The van der Waals surface area contributed by atoms with E-state index in [1.54, 1.807) is 11.3 Å². The van der Waals surface area contributed by atoms with Crippen LogP contribution < -0.4 is 10.2 Å². The fraction of sp³-hybridized carbons (Fsp3) is 0.778. The average Bonchev–Trinajstić information content (AvgIpc) is 2.77. The van der Waals surface area contributed by atoms with Crippen LogP contribution in [0.25, 0.3) is 0 Å². The maximum Gasteiger partial charge on any atom is 0.234 e. The summed E-state index contributed by atoms with van der Waals surface area (Å²) in [5.74, 6) is 0.209. The number of aryl methyl sites for hydroxylation is 1. The topological polar surface area (TPSA) is 48.5 Å². The number of nitrogens with zero attached hydrogens (tertiary/aromatic N) is 3. The molecule has 0 spiro atoms. The third-order valence-corrected chi connectivity index (χ3v) is 6.07. The lowest BCUT2D eigenvalue weighted by atomic mass is 10.1. The summed E-state index contributed by atoms with van der Waals surface area (Å²) in [7, 11) is 0. The Morgan fingerprint density at radius 1 is 1.17 bits per heavy atom. The molecule has 5 nitrogen and oxygen atoms in total. The molecule has 1 amide bonds. The molecule has 1 aromatic rings. The summed E-state index contributed by atoms with van der Waals surface area (Å²) in [6, 6.07) is 0.404. The predicted molar refractivity (Wildman–Crippen MR) is 99.8 cm³/mol. The second-order valence-corrected chi connectivity index (χ2v) is 7.98. The van der Waals surface area contributed by atoms with Gasteiger partial charge in [0.25, 0.3) is 0 Å². The van der Waals surface area contributed by atoms with E-state index in [4.69, 9.17) is 0 Å². The van der Waals surface area contributed by atoms with E-state index < -0.39 is 0 Å². The molecule has 134 valence electrons. The molecule has 0 aromatic carbocycles. The van der Waals surface area contributed by atoms with Gasteiger partial charge >= 0.3 is 0 Å². The number of aromatic nitrogens is 1. The van der Waals surface area contributed by atoms with Gasteiger partial charge in [0.1, 0.15) is 0 Å². The van der Waals surface area contributed by atoms with Crippen LogP contribution in [0, 0.1) is 6.92 Å². The van der Waals surface area contributed by atoms with Crippen LogP contribution in [0.4, 0.5) is 5.13 Å². The maximum atomic E-state index is 12.4. The molecule has 1 aliphatic carbocycles. The van der Waals surface area contributed by atoms with Crippen LogP contribution in [-0.4, -0.2) is 54.6 Å². The lowest BCUT2D eigenvalue weighted by molar-refractivity contribution is -0.123. The van der Waals surface area contributed by atoms with Crippen molar-refractivity contribution in [2.75, 3.05) is 37.6 Å². The van der Waals surface area contributed by atoms with Crippen molar-refractivity contribution in [2.45, 2.75) is 57.9 Å². The number of amides is 1. The van der Waals surface area contributed by atoms with E-state index in [0.717, 1.165) is 56.3 Å². The van der Waals surface area contributed by atoms with Gasteiger partial charge in [-0.25, -0.2) is 4.98 Å². The van der Waals surface area contributed by atoms with Crippen molar-refractivity contribution in [1.82, 2.24) is 15.2 Å². The molecule has 1 aromatic heterocycles. The van der Waals surface area contributed by atoms with Crippen LogP contribution in [-0.2, 0) is 4.79 Å². The Morgan fingerprint density at radius 2 is 1.96 bits per heavy atom. The van der Waals surface area contributed by atoms with Gasteiger partial charge in [-0.15, -0.1) is 11.3 Å². The molecule has 6 heteroatoms. The highest BCUT2D eigenvalue weighted by Crippen LogP contribution is 2.21. The standard InChI is InChI=1S/C18H30N4OS/c1-15-14-24-18(19-15)22-10-6-9-21(11-12-22)13-17(23)20-16-7-4-2-3-5-8-16/h14,16H,2-13H2,1H3,(H,20,23). The molecule has 1 saturated carbocycles. The van der Waals surface area contributed by atoms with Crippen molar-refractivity contribution in [3.8, 4) is 0 Å². The third kappa shape index (κ3) is 5.18. The number of carbonyl (C=O) groups is 1. The first-order valence-corrected chi connectivity index (χ1v) is 10.3. The van der Waals surface area contributed by atoms with Crippen LogP contribution in [0.2, 0.25) is 0 Å². The number of hydrogen-bond acceptors (Lipinski definition) is 5. The van der Waals surface area contributed by atoms with E-state index in [9.17, 15) is 4.79 Å². The summed E-state index contributed by atoms with van der Waals surface area (Å²) >= 11 is 1.72. The molecule has 0 unspecified atom stereocenters. The zero-order valence-electron chi connectivity index (χ0n) is 14.8. The summed E-state index contributed by atoms with van der Waals surface area (Å²) < 4.78 is 0. The van der Waals surface area contributed by atoms with Crippen molar-refractivity contribution < 1.29 is 4.79 Å². The summed E-state index contributed by atoms with van der Waals surface area (Å²) in [6.45, 7) is 6.52. The second-order valence-electron chi connectivity index (χ2n) is 7.14. The first-order valence-electron chi connectivity index (χ1n) is 9.39. The highest BCUT2D eigenvalue weighted by molar-refractivity contribution is 7.13. The number of hydrogen-bond donors (Lipinski definition) is 1. The Hall–Kier alpha value is -1.14. The second kappa shape index (κ2) is 8.81. The van der Waals surface area contributed by atoms with Crippen molar-refractivity contribution in [2.24, 2.45) is 0 Å². The van der Waals surface area contributed by atoms with E-state index in [1.807, 2.05) is 6.92 Å². The Labute approximate surface area is 149 Å². The number of carbonyl (C=O) groups excluding carboxylic acids is 1. The summed E-state index contributed by atoms with van der Waals surface area (Å²) in [5.41, 5.74) is 1.10. The van der Waals surface area contributed by atoms with Gasteiger partial charge < -0.3 is 10.2 Å². The largest absolute Gasteiger partial charge is 0.352 e. The molecule has 1 aliphatic heterocycles. The molecule has 3 rings (SSSR count). The summed E-state index contributed by atoms with van der Waals surface area (Å²) in [4.78, 5) is 21.6. The van der Waals surface area contributed by atoms with Gasteiger partial charge in [-0.2, -0.15) is 0 Å². The van der Waals surface area contributed by atoms with Gasteiger partial charge in [0.2, 0.25) is 5.91 Å². The molecular formula is C18H30N4OS. The monoisotopic (exact) mass is 350 g/mol. The Morgan fingerprint density at radius 3 is 2.67 bits per heavy atom. The minimum atomic E-state index is 0.209. The van der Waals surface area contributed by atoms with Gasteiger partial charge in [0.05, 0.1) is 12.2 Å². The molecule has 2 aliphatic rings. The van der Waals surface area contributed by atoms with E-state index in [-0.39, 0.29) is 5.91 Å². The first kappa shape index (κ1) is 17.7. The number of thiazole rings is 1. The van der Waals surface area contributed by atoms with E-state index in [1.165, 1.54) is 25.7 Å². The maximum absolute atomic E-state index is 12.4. The summed E-state index contributed by atoms with van der Waals surface area (Å²) in [5, 5.41) is 6.50. The average molecular weight is 351 g/mol. The SMILES string of the molecule is Cc1csc(N2CCCN(CC(=O)NC3CCCCCC3)CC2)n1. The van der Waals surface area contributed by atoms with Crippen molar-refractivity contribution in [3.63, 3.8) is 0 Å². The Balaban J connectivity index is 1.44. The minimum Gasteiger partial charge on any atom is -0.352 e. The quantitative estimate of drug-likeness (QED) is 0.849. The van der Waals surface area contributed by atoms with Gasteiger partial charge in [0.15, 0.2) is 5.13 Å². The van der Waals surface area contributed by atoms with E-state index >= 15 is 0 Å². The normalized spacial score (nSPS) is 21.3. The molecule has 0 radical (unpaired) electrons. The van der Waals surface area contributed by atoms with Crippen molar-refractivity contribution in [3.05, 3.63) is 11.1 Å². The molecule has 2 fully saturated rings. The first-order chi connectivity index (χ1) is 11.7. The molecule has 2 heterocycles. The highest BCUT2D eigenvalue weighted by atomic mass is 32.1. The van der Waals surface area contributed by atoms with Gasteiger partial charge in [0, 0.05) is 37.6 Å². The van der Waals surface area contributed by atoms with Crippen LogP contribution in [0.5, 0.6) is 0 Å².